The van der Waals surface area contributed by atoms with Crippen molar-refractivity contribution in [3.63, 3.8) is 0 Å². The maximum absolute atomic E-state index is 8.95. The third kappa shape index (κ3) is 2.76. The molecule has 0 spiro atoms. The molecule has 1 aromatic heterocycles. The number of benzene rings is 2. The van der Waals surface area contributed by atoms with Crippen LogP contribution in [0.25, 0.3) is 10.9 Å². The predicted molar refractivity (Wildman–Crippen MR) is 98.0 cm³/mol. The minimum absolute atomic E-state index is 0.292. The number of para-hydroxylation sites is 1. The second-order valence-corrected chi connectivity index (χ2v) is 6.55. The largest absolute Gasteiger partial charge is 0.377 e. The first-order valence-corrected chi connectivity index (χ1v) is 8.71. The van der Waals surface area contributed by atoms with Crippen LogP contribution in [-0.2, 0) is 6.42 Å². The van der Waals surface area contributed by atoms with Gasteiger partial charge in [0.15, 0.2) is 0 Å². The van der Waals surface area contributed by atoms with E-state index in [0.717, 1.165) is 18.5 Å². The van der Waals surface area contributed by atoms with E-state index >= 15 is 0 Å². The van der Waals surface area contributed by atoms with Crippen molar-refractivity contribution in [1.29, 1.82) is 5.26 Å². The van der Waals surface area contributed by atoms with Crippen molar-refractivity contribution in [3.8, 4) is 6.07 Å². The zero-order valence-electron chi connectivity index (χ0n) is 13.7. The summed E-state index contributed by atoms with van der Waals surface area (Å²) in [6.07, 6.45) is 6.05. The fourth-order valence-electron chi connectivity index (χ4n) is 3.75. The Hall–Kier alpha value is -2.73. The molecule has 120 valence electrons. The lowest BCUT2D eigenvalue weighted by atomic mass is 9.93. The molecule has 2 aromatic carbocycles. The Balaban J connectivity index is 1.71. The van der Waals surface area contributed by atoms with E-state index in [1.165, 1.54) is 41.4 Å². The fraction of sp³-hybridized carbons (Fsp3) is 0.286. The molecule has 1 heterocycles. The molecule has 0 bridgehead atoms. The third-order valence-electron chi connectivity index (χ3n) is 4.97. The predicted octanol–water partition coefficient (Wildman–Crippen LogP) is 5.31. The highest BCUT2D eigenvalue weighted by Crippen LogP contribution is 2.34. The van der Waals surface area contributed by atoms with Crippen LogP contribution < -0.4 is 5.32 Å². The Morgan fingerprint density at radius 1 is 1.00 bits per heavy atom. The second-order valence-electron chi connectivity index (χ2n) is 6.55. The maximum atomic E-state index is 8.95. The molecule has 1 unspecified atom stereocenters. The van der Waals surface area contributed by atoms with E-state index in [4.69, 9.17) is 5.26 Å². The molecule has 0 radical (unpaired) electrons. The highest BCUT2D eigenvalue weighted by atomic mass is 15.0. The summed E-state index contributed by atoms with van der Waals surface area (Å²) < 4.78 is 0. The van der Waals surface area contributed by atoms with Gasteiger partial charge in [-0.15, -0.1) is 0 Å². The van der Waals surface area contributed by atoms with Gasteiger partial charge in [-0.25, -0.2) is 0 Å². The van der Waals surface area contributed by atoms with Crippen molar-refractivity contribution in [3.05, 3.63) is 65.4 Å². The van der Waals surface area contributed by atoms with Crippen molar-refractivity contribution < 1.29 is 0 Å². The molecule has 1 aliphatic carbocycles. The summed E-state index contributed by atoms with van der Waals surface area (Å²) in [5.41, 5.74) is 5.81. The molecular formula is C21H21N3. The lowest BCUT2D eigenvalue weighted by molar-refractivity contribution is 0.561. The van der Waals surface area contributed by atoms with Crippen molar-refractivity contribution in [2.75, 3.05) is 5.32 Å². The van der Waals surface area contributed by atoms with Crippen LogP contribution in [0.15, 0.2) is 48.5 Å². The molecule has 3 aromatic rings. The number of H-pyrrole nitrogens is 1. The van der Waals surface area contributed by atoms with Crippen LogP contribution in [0.4, 0.5) is 5.69 Å². The molecule has 0 aliphatic heterocycles. The quantitative estimate of drug-likeness (QED) is 0.673. The number of aryl methyl sites for hydroxylation is 1. The summed E-state index contributed by atoms with van der Waals surface area (Å²) in [5.74, 6) is 0. The van der Waals surface area contributed by atoms with Crippen molar-refractivity contribution in [2.24, 2.45) is 0 Å². The van der Waals surface area contributed by atoms with E-state index in [9.17, 15) is 0 Å². The monoisotopic (exact) mass is 315 g/mol. The standard InChI is InChI=1S/C21H21N3/c22-14-15-10-12-16(13-11-15)23-20-9-3-1-2-7-18-17-6-4-5-8-19(17)24-21(18)20/h4-6,8,10-13,20,23-24H,1-3,7,9H2. The van der Waals surface area contributed by atoms with Crippen LogP contribution in [0.3, 0.4) is 0 Å². The van der Waals surface area contributed by atoms with Gasteiger partial charge in [-0.05, 0) is 55.2 Å². The van der Waals surface area contributed by atoms with Crippen molar-refractivity contribution in [2.45, 2.75) is 38.1 Å². The molecule has 3 heteroatoms. The van der Waals surface area contributed by atoms with Gasteiger partial charge in [0.05, 0.1) is 17.7 Å². The first-order chi connectivity index (χ1) is 11.8. The van der Waals surface area contributed by atoms with E-state index in [1.54, 1.807) is 0 Å². The van der Waals surface area contributed by atoms with Crippen LogP contribution in [0.1, 0.15) is 48.5 Å². The molecule has 0 saturated heterocycles. The van der Waals surface area contributed by atoms with Gasteiger partial charge < -0.3 is 10.3 Å². The fourth-order valence-corrected chi connectivity index (χ4v) is 3.75. The number of hydrogen-bond acceptors (Lipinski definition) is 2. The molecule has 0 fully saturated rings. The number of fused-ring (bicyclic) bond motifs is 3. The van der Waals surface area contributed by atoms with Gasteiger partial charge in [-0.3, -0.25) is 0 Å². The van der Waals surface area contributed by atoms with Crippen LogP contribution >= 0.6 is 0 Å². The minimum Gasteiger partial charge on any atom is -0.377 e. The Kier molecular flexibility index (Phi) is 3.96. The second kappa shape index (κ2) is 6.41. The van der Waals surface area contributed by atoms with Crippen LogP contribution in [0, 0.1) is 11.3 Å². The van der Waals surface area contributed by atoms with Gasteiger partial charge in [0.1, 0.15) is 0 Å². The average molecular weight is 315 g/mol. The van der Waals surface area contributed by atoms with Gasteiger partial charge in [0, 0.05) is 22.3 Å². The summed E-state index contributed by atoms with van der Waals surface area (Å²) in [4.78, 5) is 3.66. The van der Waals surface area contributed by atoms with Gasteiger partial charge in [0.25, 0.3) is 0 Å². The zero-order chi connectivity index (χ0) is 16.4. The Morgan fingerprint density at radius 3 is 2.67 bits per heavy atom. The number of aromatic nitrogens is 1. The smallest absolute Gasteiger partial charge is 0.0991 e. The molecule has 1 aliphatic rings. The number of rotatable bonds is 2. The average Bonchev–Trinajstić information content (AvgIpc) is 2.97. The number of aromatic amines is 1. The summed E-state index contributed by atoms with van der Waals surface area (Å²) in [6.45, 7) is 0. The van der Waals surface area contributed by atoms with Gasteiger partial charge in [-0.1, -0.05) is 31.0 Å². The SMILES string of the molecule is N#Cc1ccc(NC2CCCCCc3c2[nH]c2ccccc32)cc1. The lowest BCUT2D eigenvalue weighted by Gasteiger charge is -2.23. The number of nitrogens with zero attached hydrogens (tertiary/aromatic N) is 1. The Bertz CT molecular complexity index is 884. The minimum atomic E-state index is 0.292. The number of hydrogen-bond donors (Lipinski definition) is 2. The number of nitriles is 1. The van der Waals surface area contributed by atoms with Crippen LogP contribution in [-0.4, -0.2) is 4.98 Å². The summed E-state index contributed by atoms with van der Waals surface area (Å²) in [7, 11) is 0. The first kappa shape index (κ1) is 14.8. The summed E-state index contributed by atoms with van der Waals surface area (Å²) in [5, 5.41) is 14.0. The highest BCUT2D eigenvalue weighted by molar-refractivity contribution is 5.85. The number of nitrogens with one attached hydrogen (secondary N) is 2. The lowest BCUT2D eigenvalue weighted by Crippen LogP contribution is -2.14. The zero-order valence-corrected chi connectivity index (χ0v) is 13.7. The van der Waals surface area contributed by atoms with Crippen molar-refractivity contribution >= 4 is 16.6 Å². The highest BCUT2D eigenvalue weighted by Gasteiger charge is 2.21. The molecule has 0 saturated carbocycles. The van der Waals surface area contributed by atoms with E-state index < -0.39 is 0 Å². The van der Waals surface area contributed by atoms with Gasteiger partial charge in [-0.2, -0.15) is 5.26 Å². The summed E-state index contributed by atoms with van der Waals surface area (Å²) >= 11 is 0. The van der Waals surface area contributed by atoms with Gasteiger partial charge in [0.2, 0.25) is 0 Å². The number of anilines is 1. The molecule has 3 nitrogen and oxygen atoms in total. The Labute approximate surface area is 142 Å². The molecule has 24 heavy (non-hydrogen) atoms. The van der Waals surface area contributed by atoms with E-state index in [2.05, 4.69) is 40.6 Å². The Morgan fingerprint density at radius 2 is 1.83 bits per heavy atom. The van der Waals surface area contributed by atoms with E-state index in [-0.39, 0.29) is 0 Å². The normalized spacial score (nSPS) is 17.5. The maximum Gasteiger partial charge on any atom is 0.0991 e. The molecule has 0 amide bonds. The first-order valence-electron chi connectivity index (χ1n) is 8.71. The molecular weight excluding hydrogens is 294 g/mol. The summed E-state index contributed by atoms with van der Waals surface area (Å²) in [6, 6.07) is 18.8. The van der Waals surface area contributed by atoms with E-state index in [1.807, 2.05) is 24.3 Å². The molecule has 2 N–H and O–H groups in total. The molecule has 1 atom stereocenters. The van der Waals surface area contributed by atoms with Crippen molar-refractivity contribution in [1.82, 2.24) is 4.98 Å². The molecule has 4 rings (SSSR count). The third-order valence-corrected chi connectivity index (χ3v) is 4.97. The topological polar surface area (TPSA) is 51.6 Å². The van der Waals surface area contributed by atoms with E-state index in [0.29, 0.717) is 11.6 Å². The van der Waals surface area contributed by atoms with Crippen LogP contribution in [0.2, 0.25) is 0 Å². The van der Waals surface area contributed by atoms with Crippen LogP contribution in [0.5, 0.6) is 0 Å². The van der Waals surface area contributed by atoms with Gasteiger partial charge >= 0.3 is 0 Å².